The van der Waals surface area contributed by atoms with Crippen LogP contribution in [0.15, 0.2) is 28.7 Å². The summed E-state index contributed by atoms with van der Waals surface area (Å²) in [6.45, 7) is 6.96. The Morgan fingerprint density at radius 3 is 2.48 bits per heavy atom. The fourth-order valence-electron chi connectivity index (χ4n) is 2.71. The standard InChI is InChI=1S/C17H23BrN2O/c1-4-14-17(16(21)6-3)15(5-2)20(19-14)11-12-9-7-8-10-13(12)18/h7-10,16,21H,4-6,11H2,1-3H3. The van der Waals surface area contributed by atoms with Crippen molar-refractivity contribution in [3.05, 3.63) is 51.3 Å². The Kier molecular flexibility index (Phi) is 5.59. The lowest BCUT2D eigenvalue weighted by molar-refractivity contribution is 0.171. The van der Waals surface area contributed by atoms with E-state index >= 15 is 0 Å². The molecule has 1 aromatic heterocycles. The van der Waals surface area contributed by atoms with Crippen molar-refractivity contribution in [1.29, 1.82) is 0 Å². The second kappa shape index (κ2) is 7.23. The Morgan fingerprint density at radius 2 is 1.90 bits per heavy atom. The number of hydrogen-bond donors (Lipinski definition) is 1. The van der Waals surface area contributed by atoms with Crippen molar-refractivity contribution < 1.29 is 5.11 Å². The number of halogens is 1. The summed E-state index contributed by atoms with van der Waals surface area (Å²) in [6.07, 6.45) is 2.04. The second-order valence-corrected chi connectivity index (χ2v) is 6.04. The van der Waals surface area contributed by atoms with Crippen LogP contribution >= 0.6 is 15.9 Å². The summed E-state index contributed by atoms with van der Waals surface area (Å²) >= 11 is 3.59. The highest BCUT2D eigenvalue weighted by Crippen LogP contribution is 2.27. The molecule has 1 aromatic carbocycles. The van der Waals surface area contributed by atoms with E-state index in [0.717, 1.165) is 47.2 Å². The van der Waals surface area contributed by atoms with Gasteiger partial charge >= 0.3 is 0 Å². The van der Waals surface area contributed by atoms with E-state index in [0.29, 0.717) is 0 Å². The SMILES string of the molecule is CCc1nn(Cc2ccccc2Br)c(CC)c1C(O)CC. The number of hydrogen-bond acceptors (Lipinski definition) is 2. The maximum absolute atomic E-state index is 10.3. The molecule has 0 aliphatic heterocycles. The maximum Gasteiger partial charge on any atom is 0.0823 e. The van der Waals surface area contributed by atoms with Crippen LogP contribution in [0.3, 0.4) is 0 Å². The van der Waals surface area contributed by atoms with Gasteiger partial charge in [-0.1, -0.05) is 54.9 Å². The van der Waals surface area contributed by atoms with E-state index in [1.807, 2.05) is 29.8 Å². The first-order valence-corrected chi connectivity index (χ1v) is 8.41. The van der Waals surface area contributed by atoms with E-state index in [1.165, 1.54) is 5.56 Å². The van der Waals surface area contributed by atoms with Crippen molar-refractivity contribution in [3.8, 4) is 0 Å². The molecule has 0 amide bonds. The summed E-state index contributed by atoms with van der Waals surface area (Å²) < 4.78 is 3.14. The smallest absolute Gasteiger partial charge is 0.0823 e. The second-order valence-electron chi connectivity index (χ2n) is 5.19. The average molecular weight is 351 g/mol. The lowest BCUT2D eigenvalue weighted by Crippen LogP contribution is -2.08. The van der Waals surface area contributed by atoms with E-state index in [4.69, 9.17) is 5.10 Å². The quantitative estimate of drug-likeness (QED) is 0.844. The van der Waals surface area contributed by atoms with Crippen LogP contribution in [0.25, 0.3) is 0 Å². The number of nitrogens with zero attached hydrogens (tertiary/aromatic N) is 2. The Morgan fingerprint density at radius 1 is 1.19 bits per heavy atom. The minimum absolute atomic E-state index is 0.414. The molecule has 1 unspecified atom stereocenters. The zero-order valence-corrected chi connectivity index (χ0v) is 14.5. The maximum atomic E-state index is 10.3. The Labute approximate surface area is 135 Å². The number of aryl methyl sites for hydroxylation is 1. The Balaban J connectivity index is 2.44. The predicted octanol–water partition coefficient (Wildman–Crippen LogP) is 4.26. The van der Waals surface area contributed by atoms with Gasteiger partial charge in [0.1, 0.15) is 0 Å². The number of aromatic nitrogens is 2. The lowest BCUT2D eigenvalue weighted by Gasteiger charge is -2.12. The van der Waals surface area contributed by atoms with Gasteiger partial charge < -0.3 is 5.11 Å². The molecule has 0 saturated heterocycles. The van der Waals surface area contributed by atoms with Gasteiger partial charge in [0, 0.05) is 15.7 Å². The number of rotatable bonds is 6. The third-order valence-electron chi connectivity index (χ3n) is 3.84. The molecule has 1 atom stereocenters. The van der Waals surface area contributed by atoms with Gasteiger partial charge in [0.05, 0.1) is 18.3 Å². The lowest BCUT2D eigenvalue weighted by atomic mass is 10.0. The molecule has 0 aliphatic rings. The van der Waals surface area contributed by atoms with Crippen LogP contribution in [-0.4, -0.2) is 14.9 Å². The van der Waals surface area contributed by atoms with Crippen molar-refractivity contribution in [3.63, 3.8) is 0 Å². The summed E-state index contributed by atoms with van der Waals surface area (Å²) in [5, 5.41) is 15.1. The molecule has 2 rings (SSSR count). The van der Waals surface area contributed by atoms with E-state index in [-0.39, 0.29) is 0 Å². The van der Waals surface area contributed by atoms with Crippen LogP contribution < -0.4 is 0 Å². The van der Waals surface area contributed by atoms with Crippen molar-refractivity contribution in [1.82, 2.24) is 9.78 Å². The minimum atomic E-state index is -0.414. The first-order valence-electron chi connectivity index (χ1n) is 7.62. The van der Waals surface area contributed by atoms with Gasteiger partial charge in [-0.05, 0) is 30.9 Å². The fraction of sp³-hybridized carbons (Fsp3) is 0.471. The van der Waals surface area contributed by atoms with Crippen LogP contribution in [0, 0.1) is 0 Å². The first-order chi connectivity index (χ1) is 10.1. The van der Waals surface area contributed by atoms with Crippen molar-refractivity contribution >= 4 is 15.9 Å². The third kappa shape index (κ3) is 3.38. The molecule has 1 heterocycles. The highest BCUT2D eigenvalue weighted by Gasteiger charge is 2.21. The molecule has 4 heteroatoms. The van der Waals surface area contributed by atoms with Crippen LogP contribution in [0.5, 0.6) is 0 Å². The zero-order chi connectivity index (χ0) is 15.4. The number of aliphatic hydroxyl groups excluding tert-OH is 1. The van der Waals surface area contributed by atoms with Gasteiger partial charge in [0.25, 0.3) is 0 Å². The fourth-order valence-corrected chi connectivity index (χ4v) is 3.12. The molecule has 21 heavy (non-hydrogen) atoms. The molecule has 0 saturated carbocycles. The molecule has 114 valence electrons. The van der Waals surface area contributed by atoms with E-state index in [2.05, 4.69) is 35.8 Å². The molecule has 2 aromatic rings. The summed E-state index contributed by atoms with van der Waals surface area (Å²) in [4.78, 5) is 0. The summed E-state index contributed by atoms with van der Waals surface area (Å²) in [5.74, 6) is 0. The number of aliphatic hydroxyl groups is 1. The predicted molar refractivity (Wildman–Crippen MR) is 89.5 cm³/mol. The molecule has 0 aliphatic carbocycles. The highest BCUT2D eigenvalue weighted by atomic mass is 79.9. The van der Waals surface area contributed by atoms with Crippen molar-refractivity contribution in [2.24, 2.45) is 0 Å². The minimum Gasteiger partial charge on any atom is -0.388 e. The topological polar surface area (TPSA) is 38.0 Å². The highest BCUT2D eigenvalue weighted by molar-refractivity contribution is 9.10. The molecule has 1 N–H and O–H groups in total. The summed E-state index contributed by atoms with van der Waals surface area (Å²) in [7, 11) is 0. The molecular formula is C17H23BrN2O. The molecular weight excluding hydrogens is 328 g/mol. The molecule has 0 fully saturated rings. The van der Waals surface area contributed by atoms with Gasteiger partial charge in [0.2, 0.25) is 0 Å². The zero-order valence-electron chi connectivity index (χ0n) is 12.9. The van der Waals surface area contributed by atoms with Gasteiger partial charge in [-0.2, -0.15) is 5.10 Å². The van der Waals surface area contributed by atoms with Crippen molar-refractivity contribution in [2.75, 3.05) is 0 Å². The molecule has 0 spiro atoms. The van der Waals surface area contributed by atoms with Gasteiger partial charge in [-0.25, -0.2) is 0 Å². The Hall–Kier alpha value is -1.13. The van der Waals surface area contributed by atoms with Crippen LogP contribution in [0.2, 0.25) is 0 Å². The summed E-state index contributed by atoms with van der Waals surface area (Å²) in [5.41, 5.74) is 4.41. The van der Waals surface area contributed by atoms with Gasteiger partial charge in [-0.3, -0.25) is 4.68 Å². The van der Waals surface area contributed by atoms with E-state index in [9.17, 15) is 5.11 Å². The normalized spacial score (nSPS) is 12.6. The molecule has 0 radical (unpaired) electrons. The third-order valence-corrected chi connectivity index (χ3v) is 4.62. The monoisotopic (exact) mass is 350 g/mol. The number of benzene rings is 1. The van der Waals surface area contributed by atoms with Gasteiger partial charge in [0.15, 0.2) is 0 Å². The first kappa shape index (κ1) is 16.2. The van der Waals surface area contributed by atoms with Crippen LogP contribution in [-0.2, 0) is 19.4 Å². The molecule has 0 bridgehead atoms. The van der Waals surface area contributed by atoms with E-state index < -0.39 is 6.10 Å². The summed E-state index contributed by atoms with van der Waals surface area (Å²) in [6, 6.07) is 8.21. The van der Waals surface area contributed by atoms with Crippen LogP contribution in [0.4, 0.5) is 0 Å². The van der Waals surface area contributed by atoms with E-state index in [1.54, 1.807) is 0 Å². The van der Waals surface area contributed by atoms with Crippen LogP contribution in [0.1, 0.15) is 55.8 Å². The molecule has 3 nitrogen and oxygen atoms in total. The van der Waals surface area contributed by atoms with Crippen molar-refractivity contribution in [2.45, 2.75) is 52.7 Å². The average Bonchev–Trinajstić information content (AvgIpc) is 2.86. The Bertz CT molecular complexity index is 607. The van der Waals surface area contributed by atoms with Gasteiger partial charge in [-0.15, -0.1) is 0 Å². The largest absolute Gasteiger partial charge is 0.388 e.